The molecule has 2 fully saturated rings. The lowest BCUT2D eigenvalue weighted by molar-refractivity contribution is 0.163. The van der Waals surface area contributed by atoms with Gasteiger partial charge in [0.25, 0.3) is 0 Å². The van der Waals surface area contributed by atoms with Crippen molar-refractivity contribution >= 4 is 17.8 Å². The quantitative estimate of drug-likeness (QED) is 0.775. The summed E-state index contributed by atoms with van der Waals surface area (Å²) >= 11 is 0. The molecule has 1 aromatic rings. The predicted molar refractivity (Wildman–Crippen MR) is 71.0 cm³/mol. The van der Waals surface area contributed by atoms with Gasteiger partial charge in [0, 0.05) is 12.1 Å². The second-order valence-corrected chi connectivity index (χ2v) is 5.66. The molecular formula is C12H20N6. The fourth-order valence-electron chi connectivity index (χ4n) is 3.19. The Morgan fingerprint density at radius 3 is 2.17 bits per heavy atom. The van der Waals surface area contributed by atoms with E-state index in [9.17, 15) is 0 Å². The molecule has 0 radical (unpaired) electrons. The minimum Gasteiger partial charge on any atom is -0.368 e. The van der Waals surface area contributed by atoms with E-state index >= 15 is 0 Å². The van der Waals surface area contributed by atoms with Gasteiger partial charge in [-0.15, -0.1) is 0 Å². The van der Waals surface area contributed by atoms with Crippen molar-refractivity contribution < 1.29 is 0 Å². The van der Waals surface area contributed by atoms with Crippen molar-refractivity contribution in [3.05, 3.63) is 0 Å². The number of nitrogens with zero attached hydrogens (tertiary/aromatic N) is 4. The van der Waals surface area contributed by atoms with Gasteiger partial charge in [0.05, 0.1) is 0 Å². The summed E-state index contributed by atoms with van der Waals surface area (Å²) < 4.78 is 0. The monoisotopic (exact) mass is 248 g/mol. The lowest BCUT2D eigenvalue weighted by Gasteiger charge is -2.55. The maximum Gasteiger partial charge on any atom is 0.232 e. The molecule has 0 bridgehead atoms. The van der Waals surface area contributed by atoms with E-state index in [1.807, 2.05) is 0 Å². The van der Waals surface area contributed by atoms with E-state index in [4.69, 9.17) is 11.5 Å². The Balaban J connectivity index is 1.84. The van der Waals surface area contributed by atoms with E-state index in [1.54, 1.807) is 0 Å². The van der Waals surface area contributed by atoms with Crippen molar-refractivity contribution in [3.63, 3.8) is 0 Å². The third kappa shape index (κ3) is 1.76. The molecule has 0 atom stereocenters. The number of nitrogens with two attached hydrogens (primary N) is 2. The summed E-state index contributed by atoms with van der Waals surface area (Å²) in [4.78, 5) is 14.6. The molecule has 6 heteroatoms. The molecule has 0 amide bonds. The normalized spacial score (nSPS) is 31.4. The average Bonchev–Trinajstić information content (AvgIpc) is 2.27. The van der Waals surface area contributed by atoms with Crippen LogP contribution >= 0.6 is 0 Å². The first kappa shape index (κ1) is 11.5. The van der Waals surface area contributed by atoms with Crippen LogP contribution in [0.15, 0.2) is 0 Å². The van der Waals surface area contributed by atoms with Crippen LogP contribution in [0.25, 0.3) is 0 Å². The average molecular weight is 248 g/mol. The number of rotatable bonds is 1. The number of anilines is 3. The van der Waals surface area contributed by atoms with Crippen LogP contribution < -0.4 is 16.4 Å². The Bertz CT molecular complexity index is 432. The highest BCUT2D eigenvalue weighted by molar-refractivity contribution is 5.45. The number of hydrogen-bond donors (Lipinski definition) is 2. The van der Waals surface area contributed by atoms with Gasteiger partial charge >= 0.3 is 0 Å². The highest BCUT2D eigenvalue weighted by atomic mass is 15.4. The molecule has 2 aliphatic rings. The number of hydrogen-bond acceptors (Lipinski definition) is 6. The standard InChI is InChI=1S/C12H20N6/c1-8-2-4-12(5-3-8)6-7-18(12)11-16-9(13)15-10(14)17-11/h8H,2-7H2,1H3,(H4,13,14,15,16,17). The van der Waals surface area contributed by atoms with Crippen LogP contribution in [0.2, 0.25) is 0 Å². The second kappa shape index (κ2) is 3.96. The molecule has 0 unspecified atom stereocenters. The molecule has 6 nitrogen and oxygen atoms in total. The maximum atomic E-state index is 5.65. The summed E-state index contributed by atoms with van der Waals surface area (Å²) in [6.45, 7) is 3.33. The van der Waals surface area contributed by atoms with Gasteiger partial charge in [-0.1, -0.05) is 6.92 Å². The van der Waals surface area contributed by atoms with Gasteiger partial charge in [-0.2, -0.15) is 15.0 Å². The van der Waals surface area contributed by atoms with Crippen LogP contribution in [0, 0.1) is 5.92 Å². The summed E-state index contributed by atoms with van der Waals surface area (Å²) in [6.07, 6.45) is 6.24. The summed E-state index contributed by atoms with van der Waals surface area (Å²) in [5.74, 6) is 1.92. The minimum absolute atomic E-state index is 0.212. The molecule has 1 aliphatic carbocycles. The molecule has 1 spiro atoms. The third-order valence-corrected chi connectivity index (χ3v) is 4.48. The highest BCUT2D eigenvalue weighted by Crippen LogP contribution is 2.46. The molecular weight excluding hydrogens is 228 g/mol. The fraction of sp³-hybridized carbons (Fsp3) is 0.750. The van der Waals surface area contributed by atoms with E-state index in [-0.39, 0.29) is 17.4 Å². The van der Waals surface area contributed by atoms with E-state index in [0.717, 1.165) is 12.5 Å². The minimum atomic E-state index is 0.212. The van der Waals surface area contributed by atoms with Gasteiger partial charge in [-0.05, 0) is 38.0 Å². The van der Waals surface area contributed by atoms with Crippen LogP contribution in [0.1, 0.15) is 39.0 Å². The van der Waals surface area contributed by atoms with E-state index < -0.39 is 0 Å². The molecule has 3 rings (SSSR count). The van der Waals surface area contributed by atoms with E-state index in [0.29, 0.717) is 5.95 Å². The zero-order chi connectivity index (χ0) is 12.8. The lowest BCUT2D eigenvalue weighted by Crippen LogP contribution is -2.62. The predicted octanol–water partition coefficient (Wildman–Crippen LogP) is 1.19. The van der Waals surface area contributed by atoms with Crippen LogP contribution in [0.3, 0.4) is 0 Å². The fourth-order valence-corrected chi connectivity index (χ4v) is 3.19. The van der Waals surface area contributed by atoms with Crippen molar-refractivity contribution in [2.24, 2.45) is 5.92 Å². The molecule has 1 saturated carbocycles. The first-order chi connectivity index (χ1) is 8.59. The smallest absolute Gasteiger partial charge is 0.232 e. The highest BCUT2D eigenvalue weighted by Gasteiger charge is 2.47. The number of nitrogen functional groups attached to an aromatic ring is 2. The molecule has 4 N–H and O–H groups in total. The van der Waals surface area contributed by atoms with Crippen LogP contribution in [0.5, 0.6) is 0 Å². The van der Waals surface area contributed by atoms with Crippen molar-refractivity contribution in [3.8, 4) is 0 Å². The van der Waals surface area contributed by atoms with Crippen molar-refractivity contribution in [1.29, 1.82) is 0 Å². The summed E-state index contributed by atoms with van der Waals surface area (Å²) in [5.41, 5.74) is 11.6. The van der Waals surface area contributed by atoms with Crippen LogP contribution in [0.4, 0.5) is 17.8 Å². The maximum absolute atomic E-state index is 5.65. The van der Waals surface area contributed by atoms with Gasteiger partial charge in [-0.25, -0.2) is 0 Å². The lowest BCUT2D eigenvalue weighted by atomic mass is 9.70. The van der Waals surface area contributed by atoms with Crippen LogP contribution in [-0.4, -0.2) is 27.0 Å². The third-order valence-electron chi connectivity index (χ3n) is 4.48. The summed E-state index contributed by atoms with van der Waals surface area (Å²) in [5, 5.41) is 0. The SMILES string of the molecule is CC1CCC2(CC1)CCN2c1nc(N)nc(N)n1. The van der Waals surface area contributed by atoms with Crippen molar-refractivity contribution in [1.82, 2.24) is 15.0 Å². The second-order valence-electron chi connectivity index (χ2n) is 5.66. The number of aromatic nitrogens is 3. The Hall–Kier alpha value is -1.59. The van der Waals surface area contributed by atoms with E-state index in [1.165, 1.54) is 32.1 Å². The van der Waals surface area contributed by atoms with E-state index in [2.05, 4.69) is 26.8 Å². The Morgan fingerprint density at radius 2 is 1.67 bits per heavy atom. The zero-order valence-corrected chi connectivity index (χ0v) is 10.8. The summed E-state index contributed by atoms with van der Waals surface area (Å²) in [7, 11) is 0. The zero-order valence-electron chi connectivity index (χ0n) is 10.8. The molecule has 1 aromatic heterocycles. The molecule has 1 saturated heterocycles. The summed E-state index contributed by atoms with van der Waals surface area (Å²) in [6, 6.07) is 0. The Morgan fingerprint density at radius 1 is 1.06 bits per heavy atom. The van der Waals surface area contributed by atoms with Crippen molar-refractivity contribution in [2.75, 3.05) is 22.9 Å². The Kier molecular flexibility index (Phi) is 2.53. The van der Waals surface area contributed by atoms with Gasteiger partial charge in [0.2, 0.25) is 17.8 Å². The largest absolute Gasteiger partial charge is 0.368 e. The van der Waals surface area contributed by atoms with Crippen molar-refractivity contribution in [2.45, 2.75) is 44.6 Å². The Labute approximate surface area is 107 Å². The molecule has 98 valence electrons. The van der Waals surface area contributed by atoms with Crippen LogP contribution in [-0.2, 0) is 0 Å². The van der Waals surface area contributed by atoms with Gasteiger partial charge in [0.1, 0.15) is 0 Å². The topological polar surface area (TPSA) is 94.0 Å². The van der Waals surface area contributed by atoms with Gasteiger partial charge in [0.15, 0.2) is 0 Å². The first-order valence-electron chi connectivity index (χ1n) is 6.64. The van der Waals surface area contributed by atoms with Gasteiger partial charge < -0.3 is 16.4 Å². The molecule has 18 heavy (non-hydrogen) atoms. The first-order valence-corrected chi connectivity index (χ1v) is 6.64. The molecule has 2 heterocycles. The molecule has 1 aliphatic heterocycles. The molecule has 0 aromatic carbocycles. The van der Waals surface area contributed by atoms with Gasteiger partial charge in [-0.3, -0.25) is 0 Å².